The predicted octanol–water partition coefficient (Wildman–Crippen LogP) is 4.11. The zero-order chi connectivity index (χ0) is 17.9. The van der Waals surface area contributed by atoms with Crippen LogP contribution >= 0.6 is 0 Å². The Bertz CT molecular complexity index is 617. The first-order chi connectivity index (χ1) is 12.0. The van der Waals surface area contributed by atoms with Gasteiger partial charge in [0.25, 0.3) is 0 Å². The van der Waals surface area contributed by atoms with Crippen molar-refractivity contribution in [2.45, 2.75) is 64.2 Å². The van der Waals surface area contributed by atoms with Crippen molar-refractivity contribution in [3.8, 4) is 0 Å². The first-order valence-corrected chi connectivity index (χ1v) is 9.69. The molecule has 2 aliphatic rings. The second-order valence-corrected chi connectivity index (χ2v) is 7.90. The van der Waals surface area contributed by atoms with Gasteiger partial charge in [0.1, 0.15) is 0 Å². The molecule has 1 unspecified atom stereocenters. The highest BCUT2D eigenvalue weighted by atomic mass is 16.2. The van der Waals surface area contributed by atoms with Crippen LogP contribution in [0, 0.1) is 5.92 Å². The predicted molar refractivity (Wildman–Crippen MR) is 100 cm³/mol. The molecule has 1 saturated heterocycles. The van der Waals surface area contributed by atoms with Crippen molar-refractivity contribution in [3.63, 3.8) is 0 Å². The van der Waals surface area contributed by atoms with Crippen molar-refractivity contribution >= 4 is 17.5 Å². The lowest BCUT2D eigenvalue weighted by Gasteiger charge is -2.42. The van der Waals surface area contributed by atoms with E-state index in [9.17, 15) is 9.59 Å². The second kappa shape index (κ2) is 7.59. The van der Waals surface area contributed by atoms with Crippen LogP contribution in [0.5, 0.6) is 0 Å². The molecule has 1 aromatic rings. The Labute approximate surface area is 151 Å². The molecular weight excluding hydrogens is 312 g/mol. The number of hydrogen-bond acceptors (Lipinski definition) is 2. The number of rotatable bonds is 3. The molecule has 1 aliphatic heterocycles. The zero-order valence-corrected chi connectivity index (χ0v) is 15.5. The lowest BCUT2D eigenvalue weighted by molar-refractivity contribution is -0.140. The minimum Gasteiger partial charge on any atom is -0.342 e. The molecule has 2 amide bonds. The van der Waals surface area contributed by atoms with Crippen LogP contribution in [0.15, 0.2) is 24.3 Å². The van der Waals surface area contributed by atoms with Crippen molar-refractivity contribution < 1.29 is 9.59 Å². The van der Waals surface area contributed by atoms with E-state index < -0.39 is 0 Å². The highest BCUT2D eigenvalue weighted by molar-refractivity contribution is 5.90. The van der Waals surface area contributed by atoms with Gasteiger partial charge in [-0.05, 0) is 49.3 Å². The van der Waals surface area contributed by atoms with Gasteiger partial charge in [0, 0.05) is 25.7 Å². The van der Waals surface area contributed by atoms with Gasteiger partial charge in [0.05, 0.1) is 5.41 Å². The van der Waals surface area contributed by atoms with Gasteiger partial charge < -0.3 is 10.2 Å². The summed E-state index contributed by atoms with van der Waals surface area (Å²) in [5.41, 5.74) is 1.54. The van der Waals surface area contributed by atoms with E-state index in [0.717, 1.165) is 56.4 Å². The van der Waals surface area contributed by atoms with Gasteiger partial charge in [0.15, 0.2) is 0 Å². The zero-order valence-electron chi connectivity index (χ0n) is 15.5. The summed E-state index contributed by atoms with van der Waals surface area (Å²) in [6.45, 7) is 5.55. The van der Waals surface area contributed by atoms with Gasteiger partial charge in [0.2, 0.25) is 11.8 Å². The summed E-state index contributed by atoms with van der Waals surface area (Å²) in [7, 11) is 0. The normalized spacial score (nSPS) is 23.1. The summed E-state index contributed by atoms with van der Waals surface area (Å²) in [5.74, 6) is 0.852. The van der Waals surface area contributed by atoms with E-state index in [0.29, 0.717) is 11.8 Å². The number of anilines is 1. The summed E-state index contributed by atoms with van der Waals surface area (Å²) < 4.78 is 0. The maximum Gasteiger partial charge on any atom is 0.233 e. The minimum atomic E-state index is -0.371. The van der Waals surface area contributed by atoms with Crippen molar-refractivity contribution in [2.75, 3.05) is 18.4 Å². The number of carbonyl (C=O) groups is 2. The highest BCUT2D eigenvalue weighted by Gasteiger charge is 2.44. The van der Waals surface area contributed by atoms with Crippen LogP contribution in [-0.2, 0) is 15.0 Å². The molecule has 4 heteroatoms. The van der Waals surface area contributed by atoms with Crippen molar-refractivity contribution in [3.05, 3.63) is 29.8 Å². The number of benzene rings is 1. The van der Waals surface area contributed by atoms with E-state index in [2.05, 4.69) is 17.1 Å². The average Bonchev–Trinajstić information content (AvgIpc) is 2.62. The third kappa shape index (κ3) is 3.88. The van der Waals surface area contributed by atoms with E-state index in [1.54, 1.807) is 0 Å². The van der Waals surface area contributed by atoms with Gasteiger partial charge in [-0.2, -0.15) is 0 Å². The van der Waals surface area contributed by atoms with Crippen molar-refractivity contribution in [1.29, 1.82) is 0 Å². The summed E-state index contributed by atoms with van der Waals surface area (Å²) in [4.78, 5) is 26.9. The Balaban J connectivity index is 1.87. The summed E-state index contributed by atoms with van der Waals surface area (Å²) in [6, 6.07) is 7.95. The molecule has 136 valence electrons. The van der Waals surface area contributed by atoms with E-state index >= 15 is 0 Å². The SMILES string of the molecule is CC(=O)Nc1ccc(C2(C(=O)N3CCCC(C)C3)CCCCC2)cc1. The summed E-state index contributed by atoms with van der Waals surface area (Å²) in [5, 5.41) is 2.81. The number of nitrogens with zero attached hydrogens (tertiary/aromatic N) is 1. The Morgan fingerprint density at radius 1 is 1.08 bits per heavy atom. The molecule has 0 bridgehead atoms. The van der Waals surface area contributed by atoms with Crippen molar-refractivity contribution in [2.24, 2.45) is 5.92 Å². The standard InChI is InChI=1S/C21H30N2O2/c1-16-7-6-14-23(15-16)20(25)21(12-4-3-5-13-21)18-8-10-19(11-9-18)22-17(2)24/h8-11,16H,3-7,12-15H2,1-2H3,(H,22,24). The van der Waals surface area contributed by atoms with Crippen molar-refractivity contribution in [1.82, 2.24) is 4.90 Å². The highest BCUT2D eigenvalue weighted by Crippen LogP contribution is 2.42. The maximum atomic E-state index is 13.5. The molecule has 1 saturated carbocycles. The number of amides is 2. The molecule has 4 nitrogen and oxygen atoms in total. The molecule has 1 heterocycles. The second-order valence-electron chi connectivity index (χ2n) is 7.90. The largest absolute Gasteiger partial charge is 0.342 e. The van der Waals surface area contributed by atoms with Crippen LogP contribution in [0.4, 0.5) is 5.69 Å². The van der Waals surface area contributed by atoms with Gasteiger partial charge in [-0.3, -0.25) is 9.59 Å². The summed E-state index contributed by atoms with van der Waals surface area (Å²) >= 11 is 0. The minimum absolute atomic E-state index is 0.0708. The van der Waals surface area contributed by atoms with Crippen LogP contribution in [-0.4, -0.2) is 29.8 Å². The molecule has 1 aromatic carbocycles. The Kier molecular flexibility index (Phi) is 5.45. The summed E-state index contributed by atoms with van der Waals surface area (Å²) in [6.07, 6.45) is 7.67. The van der Waals surface area contributed by atoms with Gasteiger partial charge in [-0.25, -0.2) is 0 Å². The van der Waals surface area contributed by atoms with E-state index in [1.165, 1.54) is 19.8 Å². The van der Waals surface area contributed by atoms with E-state index in [1.807, 2.05) is 24.3 Å². The number of carbonyl (C=O) groups excluding carboxylic acids is 2. The lowest BCUT2D eigenvalue weighted by atomic mass is 9.68. The van der Waals surface area contributed by atoms with Crippen LogP contribution in [0.1, 0.15) is 64.4 Å². The molecule has 1 aliphatic carbocycles. The molecule has 1 atom stereocenters. The third-order valence-corrected chi connectivity index (χ3v) is 5.82. The first-order valence-electron chi connectivity index (χ1n) is 9.69. The van der Waals surface area contributed by atoms with Crippen LogP contribution in [0.3, 0.4) is 0 Å². The van der Waals surface area contributed by atoms with Gasteiger partial charge >= 0.3 is 0 Å². The molecule has 2 fully saturated rings. The first kappa shape index (κ1) is 18.0. The Hall–Kier alpha value is -1.84. The Morgan fingerprint density at radius 3 is 2.36 bits per heavy atom. The smallest absolute Gasteiger partial charge is 0.233 e. The molecule has 1 N–H and O–H groups in total. The maximum absolute atomic E-state index is 13.5. The number of likely N-dealkylation sites (tertiary alicyclic amines) is 1. The molecular formula is C21H30N2O2. The van der Waals surface area contributed by atoms with Crippen LogP contribution in [0.2, 0.25) is 0 Å². The van der Waals surface area contributed by atoms with E-state index in [4.69, 9.17) is 0 Å². The topological polar surface area (TPSA) is 49.4 Å². The fourth-order valence-corrected chi connectivity index (χ4v) is 4.53. The van der Waals surface area contributed by atoms with Gasteiger partial charge in [-0.15, -0.1) is 0 Å². The molecule has 25 heavy (non-hydrogen) atoms. The average molecular weight is 342 g/mol. The molecule has 0 radical (unpaired) electrons. The van der Waals surface area contributed by atoms with Crippen LogP contribution < -0.4 is 5.32 Å². The Morgan fingerprint density at radius 2 is 1.76 bits per heavy atom. The molecule has 3 rings (SSSR count). The number of hydrogen-bond donors (Lipinski definition) is 1. The number of piperidine rings is 1. The monoisotopic (exact) mass is 342 g/mol. The van der Waals surface area contributed by atoms with Gasteiger partial charge in [-0.1, -0.05) is 38.3 Å². The lowest BCUT2D eigenvalue weighted by Crippen LogP contribution is -2.51. The van der Waals surface area contributed by atoms with E-state index in [-0.39, 0.29) is 11.3 Å². The fraction of sp³-hybridized carbons (Fsp3) is 0.619. The fourth-order valence-electron chi connectivity index (χ4n) is 4.53. The third-order valence-electron chi connectivity index (χ3n) is 5.82. The number of nitrogens with one attached hydrogen (secondary N) is 1. The molecule has 0 spiro atoms. The molecule has 0 aromatic heterocycles. The van der Waals surface area contributed by atoms with Crippen LogP contribution in [0.25, 0.3) is 0 Å². The quantitative estimate of drug-likeness (QED) is 0.899.